The van der Waals surface area contributed by atoms with Crippen LogP contribution in [0.2, 0.25) is 0 Å². The molecule has 0 aliphatic heterocycles. The van der Waals surface area contributed by atoms with E-state index in [9.17, 15) is 4.79 Å². The minimum absolute atomic E-state index is 0.105. The fraction of sp³-hybridized carbons (Fsp3) is 0.143. The summed E-state index contributed by atoms with van der Waals surface area (Å²) in [6.07, 6.45) is 5.09. The molecule has 92 valence electrons. The van der Waals surface area contributed by atoms with Gasteiger partial charge in [-0.15, -0.1) is 11.3 Å². The molecule has 18 heavy (non-hydrogen) atoms. The molecule has 0 radical (unpaired) electrons. The molecule has 0 unspecified atom stereocenters. The number of carbonyl (C=O) groups is 1. The zero-order chi connectivity index (χ0) is 12.8. The van der Waals surface area contributed by atoms with E-state index in [1.54, 1.807) is 23.6 Å². The van der Waals surface area contributed by atoms with Gasteiger partial charge >= 0.3 is 0 Å². The van der Waals surface area contributed by atoms with Crippen LogP contribution in [-0.4, -0.2) is 10.9 Å². The third kappa shape index (κ3) is 3.82. The third-order valence-corrected chi connectivity index (χ3v) is 3.30. The van der Waals surface area contributed by atoms with Gasteiger partial charge in [0.1, 0.15) is 0 Å². The van der Waals surface area contributed by atoms with Crippen LogP contribution in [0.15, 0.2) is 42.6 Å². The summed E-state index contributed by atoms with van der Waals surface area (Å²) in [4.78, 5) is 18.0. The second-order valence-electron chi connectivity index (χ2n) is 3.82. The number of hydrogen-bond acceptors (Lipinski definition) is 3. The smallest absolute Gasteiger partial charge is 0.244 e. The lowest BCUT2D eigenvalue weighted by Crippen LogP contribution is -2.20. The van der Waals surface area contributed by atoms with Gasteiger partial charge in [0.25, 0.3) is 0 Å². The van der Waals surface area contributed by atoms with Crippen molar-refractivity contribution in [2.75, 3.05) is 0 Å². The summed E-state index contributed by atoms with van der Waals surface area (Å²) in [7, 11) is 0. The van der Waals surface area contributed by atoms with E-state index in [4.69, 9.17) is 0 Å². The number of rotatable bonds is 4. The summed E-state index contributed by atoms with van der Waals surface area (Å²) >= 11 is 1.67. The normalized spacial score (nSPS) is 10.7. The highest BCUT2D eigenvalue weighted by atomic mass is 32.1. The molecule has 0 aliphatic carbocycles. The molecule has 1 N–H and O–H groups in total. The van der Waals surface area contributed by atoms with Crippen molar-refractivity contribution in [1.82, 2.24) is 10.3 Å². The number of nitrogens with zero attached hydrogens (tertiary/aromatic N) is 1. The largest absolute Gasteiger partial charge is 0.347 e. The Kier molecular flexibility index (Phi) is 4.25. The average Bonchev–Trinajstić information content (AvgIpc) is 2.81. The fourth-order valence-corrected chi connectivity index (χ4v) is 2.22. The average molecular weight is 258 g/mol. The van der Waals surface area contributed by atoms with Crippen molar-refractivity contribution in [2.24, 2.45) is 0 Å². The second kappa shape index (κ2) is 6.12. The Balaban J connectivity index is 1.84. The fourth-order valence-electron chi connectivity index (χ4n) is 1.44. The molecule has 0 bridgehead atoms. The zero-order valence-corrected chi connectivity index (χ0v) is 10.9. The van der Waals surface area contributed by atoms with E-state index in [0.29, 0.717) is 6.54 Å². The first-order chi connectivity index (χ1) is 8.74. The van der Waals surface area contributed by atoms with E-state index >= 15 is 0 Å². The zero-order valence-electron chi connectivity index (χ0n) is 10.1. The van der Waals surface area contributed by atoms with Crippen molar-refractivity contribution < 1.29 is 4.79 Å². The molecule has 0 spiro atoms. The van der Waals surface area contributed by atoms with Crippen LogP contribution in [0.1, 0.15) is 15.4 Å². The van der Waals surface area contributed by atoms with E-state index in [1.165, 1.54) is 4.88 Å². The number of carbonyl (C=O) groups excluding carboxylic acids is 1. The second-order valence-corrected chi connectivity index (χ2v) is 5.14. The number of hydrogen-bond donors (Lipinski definition) is 1. The van der Waals surface area contributed by atoms with E-state index in [0.717, 1.165) is 10.6 Å². The van der Waals surface area contributed by atoms with Crippen molar-refractivity contribution in [2.45, 2.75) is 13.5 Å². The first-order valence-corrected chi connectivity index (χ1v) is 6.48. The molecular formula is C14H14N2OS. The van der Waals surface area contributed by atoms with Gasteiger partial charge in [-0.05, 0) is 37.3 Å². The number of pyridine rings is 1. The molecule has 2 aromatic heterocycles. The van der Waals surface area contributed by atoms with E-state index in [1.807, 2.05) is 43.3 Å². The van der Waals surface area contributed by atoms with Crippen LogP contribution < -0.4 is 5.32 Å². The van der Waals surface area contributed by atoms with Crippen LogP contribution in [0.4, 0.5) is 0 Å². The number of thiophene rings is 1. The van der Waals surface area contributed by atoms with Gasteiger partial charge in [0.2, 0.25) is 5.91 Å². The maximum Gasteiger partial charge on any atom is 0.244 e. The predicted molar refractivity (Wildman–Crippen MR) is 74.2 cm³/mol. The predicted octanol–water partition coefficient (Wildman–Crippen LogP) is 2.78. The minimum atomic E-state index is -0.105. The molecule has 0 saturated heterocycles. The highest BCUT2D eigenvalue weighted by Gasteiger charge is 1.97. The summed E-state index contributed by atoms with van der Waals surface area (Å²) in [6, 6.07) is 9.67. The summed E-state index contributed by atoms with van der Waals surface area (Å²) in [6.45, 7) is 2.50. The van der Waals surface area contributed by atoms with Crippen LogP contribution in [0, 0.1) is 6.92 Å². The summed E-state index contributed by atoms with van der Waals surface area (Å²) in [5.74, 6) is -0.105. The minimum Gasteiger partial charge on any atom is -0.347 e. The molecule has 0 atom stereocenters. The first kappa shape index (κ1) is 12.5. The van der Waals surface area contributed by atoms with Gasteiger partial charge in [-0.25, -0.2) is 0 Å². The Bertz CT molecular complexity index is 546. The monoisotopic (exact) mass is 258 g/mol. The van der Waals surface area contributed by atoms with Crippen LogP contribution in [-0.2, 0) is 11.3 Å². The van der Waals surface area contributed by atoms with Gasteiger partial charge < -0.3 is 5.32 Å². The molecule has 0 aromatic carbocycles. The Morgan fingerprint density at radius 2 is 2.28 bits per heavy atom. The van der Waals surface area contributed by atoms with Gasteiger partial charge in [0.05, 0.1) is 12.2 Å². The Morgan fingerprint density at radius 3 is 2.94 bits per heavy atom. The topological polar surface area (TPSA) is 42.0 Å². The molecule has 2 rings (SSSR count). The molecule has 2 heterocycles. The number of aromatic nitrogens is 1. The van der Waals surface area contributed by atoms with Gasteiger partial charge in [0, 0.05) is 22.0 Å². The lowest BCUT2D eigenvalue weighted by Gasteiger charge is -2.00. The lowest BCUT2D eigenvalue weighted by molar-refractivity contribution is -0.116. The first-order valence-electron chi connectivity index (χ1n) is 5.66. The van der Waals surface area contributed by atoms with E-state index in [2.05, 4.69) is 10.3 Å². The molecule has 4 heteroatoms. The van der Waals surface area contributed by atoms with Crippen LogP contribution >= 0.6 is 11.3 Å². The number of aryl methyl sites for hydroxylation is 1. The van der Waals surface area contributed by atoms with Crippen LogP contribution in [0.3, 0.4) is 0 Å². The van der Waals surface area contributed by atoms with Gasteiger partial charge in [-0.1, -0.05) is 6.07 Å². The summed E-state index contributed by atoms with van der Waals surface area (Å²) in [5, 5.41) is 2.79. The molecule has 0 aliphatic rings. The summed E-state index contributed by atoms with van der Waals surface area (Å²) < 4.78 is 0. The number of amides is 1. The molecule has 0 fully saturated rings. The quantitative estimate of drug-likeness (QED) is 0.857. The Hall–Kier alpha value is -1.94. The highest BCUT2D eigenvalue weighted by molar-refractivity contribution is 7.12. The summed E-state index contributed by atoms with van der Waals surface area (Å²) in [5.41, 5.74) is 0.853. The van der Waals surface area contributed by atoms with Crippen molar-refractivity contribution in [3.63, 3.8) is 0 Å². The maximum absolute atomic E-state index is 11.6. The molecule has 2 aromatic rings. The van der Waals surface area contributed by atoms with Crippen molar-refractivity contribution >= 4 is 23.3 Å². The van der Waals surface area contributed by atoms with Crippen molar-refractivity contribution in [3.05, 3.63) is 58.1 Å². The molecule has 0 saturated carbocycles. The molecule has 1 amide bonds. The maximum atomic E-state index is 11.6. The van der Waals surface area contributed by atoms with Gasteiger partial charge in [-0.3, -0.25) is 9.78 Å². The third-order valence-electron chi connectivity index (χ3n) is 2.33. The van der Waals surface area contributed by atoms with Crippen LogP contribution in [0.25, 0.3) is 6.08 Å². The highest BCUT2D eigenvalue weighted by Crippen LogP contribution is 2.16. The van der Waals surface area contributed by atoms with E-state index in [-0.39, 0.29) is 5.91 Å². The van der Waals surface area contributed by atoms with E-state index < -0.39 is 0 Å². The van der Waals surface area contributed by atoms with Crippen molar-refractivity contribution in [1.29, 1.82) is 0 Å². The standard InChI is InChI=1S/C14H14N2OS/c1-11-5-6-13(18-11)7-8-14(17)16-10-12-4-2-3-9-15-12/h2-9H,10H2,1H3,(H,16,17)/b8-7+. The van der Waals surface area contributed by atoms with Gasteiger partial charge in [0.15, 0.2) is 0 Å². The molecular weight excluding hydrogens is 244 g/mol. The van der Waals surface area contributed by atoms with Crippen molar-refractivity contribution in [3.8, 4) is 0 Å². The number of nitrogens with one attached hydrogen (secondary N) is 1. The Labute approximate surface area is 110 Å². The van der Waals surface area contributed by atoms with Gasteiger partial charge in [-0.2, -0.15) is 0 Å². The molecule has 3 nitrogen and oxygen atoms in total. The van der Waals surface area contributed by atoms with Crippen LogP contribution in [0.5, 0.6) is 0 Å². The Morgan fingerprint density at radius 1 is 1.39 bits per heavy atom. The lowest BCUT2D eigenvalue weighted by atomic mass is 10.3. The SMILES string of the molecule is Cc1ccc(/C=C/C(=O)NCc2ccccn2)s1.